The molecule has 5 nitrogen and oxygen atoms in total. The number of hydrogen-bond donors (Lipinski definition) is 1. The molecule has 1 aliphatic rings. The van der Waals surface area contributed by atoms with Crippen molar-refractivity contribution >= 4 is 23.7 Å². The Labute approximate surface area is 106 Å². The minimum Gasteiger partial charge on any atom is -0.368 e. The summed E-state index contributed by atoms with van der Waals surface area (Å²) in [6, 6.07) is 0. The second-order valence-electron chi connectivity index (χ2n) is 4.55. The zero-order valence-electron chi connectivity index (χ0n) is 10.4. The van der Waals surface area contributed by atoms with Crippen LogP contribution in [0.15, 0.2) is 5.16 Å². The highest BCUT2D eigenvalue weighted by atomic mass is 32.2. The lowest BCUT2D eigenvalue weighted by Gasteiger charge is -2.20. The molecule has 1 aliphatic carbocycles. The van der Waals surface area contributed by atoms with Gasteiger partial charge in [-0.3, -0.25) is 0 Å². The summed E-state index contributed by atoms with van der Waals surface area (Å²) in [7, 11) is 3.81. The topological polar surface area (TPSA) is 67.9 Å². The largest absolute Gasteiger partial charge is 0.368 e. The number of nitrogens with two attached hydrogens (primary N) is 1. The fraction of sp³-hybridized carbons (Fsp3) is 0.727. The van der Waals surface area contributed by atoms with Crippen LogP contribution in [-0.4, -0.2) is 34.3 Å². The van der Waals surface area contributed by atoms with Crippen molar-refractivity contribution < 1.29 is 0 Å². The third-order valence-electron chi connectivity index (χ3n) is 2.84. The second-order valence-corrected chi connectivity index (χ2v) is 5.82. The van der Waals surface area contributed by atoms with E-state index in [9.17, 15) is 0 Å². The van der Waals surface area contributed by atoms with Crippen LogP contribution >= 0.6 is 11.8 Å². The maximum atomic E-state index is 5.70. The number of anilines is 2. The molecule has 0 aliphatic heterocycles. The highest BCUT2D eigenvalue weighted by molar-refractivity contribution is 7.99. The first-order valence-electron chi connectivity index (χ1n) is 6.00. The van der Waals surface area contributed by atoms with Crippen LogP contribution < -0.4 is 10.6 Å². The SMILES string of the molecule is CN(C)c1nc(N)nc(SC2CCCCC2)n1. The molecule has 1 aromatic heterocycles. The van der Waals surface area contributed by atoms with Crippen LogP contribution in [0.3, 0.4) is 0 Å². The van der Waals surface area contributed by atoms with Crippen LogP contribution in [0.2, 0.25) is 0 Å². The third-order valence-corrected chi connectivity index (χ3v) is 4.04. The summed E-state index contributed by atoms with van der Waals surface area (Å²) < 4.78 is 0. The van der Waals surface area contributed by atoms with Crippen LogP contribution in [0, 0.1) is 0 Å². The first-order chi connectivity index (χ1) is 8.15. The van der Waals surface area contributed by atoms with Gasteiger partial charge in [0.25, 0.3) is 0 Å². The second kappa shape index (κ2) is 5.53. The van der Waals surface area contributed by atoms with Crippen LogP contribution in [0.4, 0.5) is 11.9 Å². The van der Waals surface area contributed by atoms with E-state index >= 15 is 0 Å². The molecule has 0 amide bonds. The van der Waals surface area contributed by atoms with Gasteiger partial charge in [-0.25, -0.2) is 0 Å². The standard InChI is InChI=1S/C11H19N5S/c1-16(2)10-13-9(12)14-11(15-10)17-8-6-4-3-5-7-8/h8H,3-7H2,1-2H3,(H2,12,13,14,15). The first-order valence-corrected chi connectivity index (χ1v) is 6.88. The molecule has 0 radical (unpaired) electrons. The Morgan fingerprint density at radius 1 is 1.12 bits per heavy atom. The number of thioether (sulfide) groups is 1. The summed E-state index contributed by atoms with van der Waals surface area (Å²) in [6.07, 6.45) is 6.51. The molecule has 1 aromatic rings. The molecule has 6 heteroatoms. The lowest BCUT2D eigenvalue weighted by Crippen LogP contribution is -2.16. The molecule has 2 rings (SSSR count). The Bertz CT molecular complexity index is 376. The number of hydrogen-bond acceptors (Lipinski definition) is 6. The van der Waals surface area contributed by atoms with Crippen LogP contribution in [0.5, 0.6) is 0 Å². The molecule has 1 fully saturated rings. The molecule has 94 valence electrons. The van der Waals surface area contributed by atoms with Crippen molar-refractivity contribution in [2.45, 2.75) is 42.5 Å². The summed E-state index contributed by atoms with van der Waals surface area (Å²) >= 11 is 1.74. The van der Waals surface area contributed by atoms with Gasteiger partial charge in [0.2, 0.25) is 11.9 Å². The van der Waals surface area contributed by atoms with Crippen molar-refractivity contribution in [3.8, 4) is 0 Å². The van der Waals surface area contributed by atoms with Crippen LogP contribution in [0.1, 0.15) is 32.1 Å². The van der Waals surface area contributed by atoms with Gasteiger partial charge < -0.3 is 10.6 Å². The maximum absolute atomic E-state index is 5.70. The average Bonchev–Trinajstić information content (AvgIpc) is 2.29. The molecule has 0 atom stereocenters. The Morgan fingerprint density at radius 3 is 2.47 bits per heavy atom. The van der Waals surface area contributed by atoms with Crippen molar-refractivity contribution in [2.24, 2.45) is 0 Å². The highest BCUT2D eigenvalue weighted by Crippen LogP contribution is 2.32. The van der Waals surface area contributed by atoms with E-state index in [1.54, 1.807) is 11.8 Å². The van der Waals surface area contributed by atoms with Crippen molar-refractivity contribution in [3.05, 3.63) is 0 Å². The van der Waals surface area contributed by atoms with E-state index in [4.69, 9.17) is 5.73 Å². The van der Waals surface area contributed by atoms with Crippen molar-refractivity contribution in [2.75, 3.05) is 24.7 Å². The quantitative estimate of drug-likeness (QED) is 0.888. The maximum Gasteiger partial charge on any atom is 0.230 e. The van der Waals surface area contributed by atoms with Gasteiger partial charge >= 0.3 is 0 Å². The van der Waals surface area contributed by atoms with Gasteiger partial charge in [-0.05, 0) is 12.8 Å². The van der Waals surface area contributed by atoms with Gasteiger partial charge in [-0.1, -0.05) is 31.0 Å². The monoisotopic (exact) mass is 253 g/mol. The molecule has 0 unspecified atom stereocenters. The lowest BCUT2D eigenvalue weighted by molar-refractivity contribution is 0.515. The van der Waals surface area contributed by atoms with E-state index in [-0.39, 0.29) is 0 Å². The summed E-state index contributed by atoms with van der Waals surface area (Å²) in [5.74, 6) is 0.942. The summed E-state index contributed by atoms with van der Waals surface area (Å²) in [5, 5.41) is 1.40. The minimum absolute atomic E-state index is 0.307. The average molecular weight is 253 g/mol. The normalized spacial score (nSPS) is 17.1. The molecule has 1 saturated carbocycles. The van der Waals surface area contributed by atoms with Gasteiger partial charge in [0.15, 0.2) is 5.16 Å². The van der Waals surface area contributed by atoms with Crippen LogP contribution in [0.25, 0.3) is 0 Å². The molecule has 2 N–H and O–H groups in total. The van der Waals surface area contributed by atoms with Gasteiger partial charge in [0, 0.05) is 19.3 Å². The number of aromatic nitrogens is 3. The van der Waals surface area contributed by atoms with E-state index in [0.29, 0.717) is 17.1 Å². The van der Waals surface area contributed by atoms with E-state index < -0.39 is 0 Å². The predicted octanol–water partition coefficient (Wildman–Crippen LogP) is 1.94. The molecule has 0 saturated heterocycles. The predicted molar refractivity (Wildman–Crippen MR) is 71.3 cm³/mol. The van der Waals surface area contributed by atoms with Crippen molar-refractivity contribution in [3.63, 3.8) is 0 Å². The van der Waals surface area contributed by atoms with Crippen LogP contribution in [-0.2, 0) is 0 Å². The molecule has 1 heterocycles. The van der Waals surface area contributed by atoms with E-state index in [1.807, 2.05) is 19.0 Å². The Balaban J connectivity index is 2.09. The third kappa shape index (κ3) is 3.46. The Kier molecular flexibility index (Phi) is 4.04. The number of nitrogen functional groups attached to an aromatic ring is 1. The molecular weight excluding hydrogens is 234 g/mol. The van der Waals surface area contributed by atoms with Gasteiger partial charge in [-0.2, -0.15) is 15.0 Å². The molecule has 17 heavy (non-hydrogen) atoms. The fourth-order valence-corrected chi connectivity index (χ4v) is 3.09. The Hall–Kier alpha value is -1.04. The molecular formula is C11H19N5S. The van der Waals surface area contributed by atoms with Gasteiger partial charge in [0.1, 0.15) is 0 Å². The number of rotatable bonds is 3. The summed E-state index contributed by atoms with van der Waals surface area (Å²) in [5.41, 5.74) is 5.70. The zero-order chi connectivity index (χ0) is 12.3. The van der Waals surface area contributed by atoms with Crippen molar-refractivity contribution in [1.82, 2.24) is 15.0 Å². The summed E-state index contributed by atoms with van der Waals surface area (Å²) in [6.45, 7) is 0. The smallest absolute Gasteiger partial charge is 0.230 e. The van der Waals surface area contributed by atoms with E-state index in [2.05, 4.69) is 15.0 Å². The minimum atomic E-state index is 0.307. The van der Waals surface area contributed by atoms with Gasteiger partial charge in [0.05, 0.1) is 0 Å². The zero-order valence-corrected chi connectivity index (χ0v) is 11.2. The molecule has 0 spiro atoms. The number of nitrogens with zero attached hydrogens (tertiary/aromatic N) is 4. The lowest BCUT2D eigenvalue weighted by atomic mass is 10.0. The highest BCUT2D eigenvalue weighted by Gasteiger charge is 2.17. The van der Waals surface area contributed by atoms with E-state index in [1.165, 1.54) is 32.1 Å². The van der Waals surface area contributed by atoms with E-state index in [0.717, 1.165) is 5.16 Å². The van der Waals surface area contributed by atoms with Crippen molar-refractivity contribution in [1.29, 1.82) is 0 Å². The Morgan fingerprint density at radius 2 is 1.82 bits per heavy atom. The molecule has 0 bridgehead atoms. The first kappa shape index (κ1) is 12.4. The van der Waals surface area contributed by atoms with Gasteiger partial charge in [-0.15, -0.1) is 0 Å². The molecule has 0 aromatic carbocycles. The fourth-order valence-electron chi connectivity index (χ4n) is 1.95. The summed E-state index contributed by atoms with van der Waals surface area (Å²) in [4.78, 5) is 14.6.